The topological polar surface area (TPSA) is 47.0 Å². The predicted octanol–water partition coefficient (Wildman–Crippen LogP) is 0.744. The van der Waals surface area contributed by atoms with Crippen molar-refractivity contribution in [2.45, 2.75) is 32.0 Å². The molecule has 0 saturated carbocycles. The number of nitrogens with one attached hydrogen (secondary N) is 1. The molecule has 1 aliphatic heterocycles. The molecule has 2 unspecified atom stereocenters. The van der Waals surface area contributed by atoms with Gasteiger partial charge in [-0.2, -0.15) is 0 Å². The van der Waals surface area contributed by atoms with E-state index in [1.807, 2.05) is 6.07 Å². The van der Waals surface area contributed by atoms with Gasteiger partial charge in [-0.3, -0.25) is 0 Å². The molecular weight excluding hydrogens is 178 g/mol. The first kappa shape index (κ1) is 9.55. The number of nitrogens with zero attached hydrogens (tertiary/aromatic N) is 2. The summed E-state index contributed by atoms with van der Waals surface area (Å²) in [6, 6.07) is 2.27. The van der Waals surface area contributed by atoms with Crippen LogP contribution < -0.4 is 5.32 Å². The van der Waals surface area contributed by atoms with Crippen LogP contribution in [0.3, 0.4) is 0 Å². The summed E-state index contributed by atoms with van der Waals surface area (Å²) in [6.45, 7) is 3.67. The zero-order chi connectivity index (χ0) is 9.80. The Labute approximate surface area is 83.7 Å². The van der Waals surface area contributed by atoms with Crippen LogP contribution in [0, 0.1) is 0 Å². The minimum atomic E-state index is 0.304. The molecule has 1 fully saturated rings. The van der Waals surface area contributed by atoms with Crippen LogP contribution >= 0.6 is 0 Å². The standard InChI is InChI=1S/C10H15N3O/c1-8-9(3-6-14-8)13-7-10-11-4-2-5-12-10/h2,4-5,8-9,13H,3,6-7H2,1H3. The van der Waals surface area contributed by atoms with E-state index in [1.54, 1.807) is 12.4 Å². The molecule has 2 heterocycles. The van der Waals surface area contributed by atoms with Crippen molar-refractivity contribution in [3.63, 3.8) is 0 Å². The van der Waals surface area contributed by atoms with Crippen LogP contribution in [0.5, 0.6) is 0 Å². The number of aromatic nitrogens is 2. The van der Waals surface area contributed by atoms with Crippen molar-refractivity contribution < 1.29 is 4.74 Å². The van der Waals surface area contributed by atoms with E-state index in [2.05, 4.69) is 22.2 Å². The van der Waals surface area contributed by atoms with E-state index in [0.29, 0.717) is 12.1 Å². The molecule has 1 aromatic rings. The van der Waals surface area contributed by atoms with Crippen LogP contribution in [0.1, 0.15) is 19.2 Å². The smallest absolute Gasteiger partial charge is 0.141 e. The molecule has 1 N–H and O–H groups in total. The summed E-state index contributed by atoms with van der Waals surface area (Å²) in [5.41, 5.74) is 0. The summed E-state index contributed by atoms with van der Waals surface area (Å²) < 4.78 is 5.45. The Kier molecular flexibility index (Phi) is 3.06. The lowest BCUT2D eigenvalue weighted by molar-refractivity contribution is 0.113. The summed E-state index contributed by atoms with van der Waals surface area (Å²) >= 11 is 0. The first-order valence-electron chi connectivity index (χ1n) is 4.97. The minimum Gasteiger partial charge on any atom is -0.377 e. The fourth-order valence-corrected chi connectivity index (χ4v) is 1.64. The van der Waals surface area contributed by atoms with E-state index in [1.165, 1.54) is 0 Å². The second-order valence-corrected chi connectivity index (χ2v) is 3.52. The molecule has 0 aliphatic carbocycles. The molecule has 1 aliphatic rings. The summed E-state index contributed by atoms with van der Waals surface area (Å²) in [6.07, 6.45) is 4.91. The van der Waals surface area contributed by atoms with E-state index in [-0.39, 0.29) is 0 Å². The molecule has 0 amide bonds. The third-order valence-corrected chi connectivity index (χ3v) is 2.52. The van der Waals surface area contributed by atoms with Gasteiger partial charge in [-0.15, -0.1) is 0 Å². The van der Waals surface area contributed by atoms with E-state index in [0.717, 1.165) is 25.4 Å². The van der Waals surface area contributed by atoms with Gasteiger partial charge in [0.25, 0.3) is 0 Å². The highest BCUT2D eigenvalue weighted by Gasteiger charge is 2.23. The molecule has 4 heteroatoms. The molecular formula is C10H15N3O. The average Bonchev–Trinajstić information content (AvgIpc) is 2.63. The van der Waals surface area contributed by atoms with Crippen molar-refractivity contribution in [3.05, 3.63) is 24.3 Å². The lowest BCUT2D eigenvalue weighted by atomic mass is 10.1. The maximum atomic E-state index is 5.45. The highest BCUT2D eigenvalue weighted by molar-refractivity contribution is 4.89. The van der Waals surface area contributed by atoms with Crippen molar-refractivity contribution in [1.29, 1.82) is 0 Å². The van der Waals surface area contributed by atoms with E-state index in [4.69, 9.17) is 4.74 Å². The van der Waals surface area contributed by atoms with Gasteiger partial charge < -0.3 is 10.1 Å². The normalized spacial score (nSPS) is 26.6. The summed E-state index contributed by atoms with van der Waals surface area (Å²) in [7, 11) is 0. The molecule has 2 rings (SSSR count). The highest BCUT2D eigenvalue weighted by atomic mass is 16.5. The lowest BCUT2D eigenvalue weighted by Crippen LogP contribution is -2.34. The van der Waals surface area contributed by atoms with Gasteiger partial charge in [0.1, 0.15) is 5.82 Å². The van der Waals surface area contributed by atoms with Gasteiger partial charge in [0.15, 0.2) is 0 Å². The van der Waals surface area contributed by atoms with E-state index < -0.39 is 0 Å². The third kappa shape index (κ3) is 2.27. The Hall–Kier alpha value is -1.00. The molecule has 1 saturated heterocycles. The maximum Gasteiger partial charge on any atom is 0.141 e. The third-order valence-electron chi connectivity index (χ3n) is 2.52. The van der Waals surface area contributed by atoms with Gasteiger partial charge in [-0.1, -0.05) is 0 Å². The van der Waals surface area contributed by atoms with Crippen molar-refractivity contribution >= 4 is 0 Å². The lowest BCUT2D eigenvalue weighted by Gasteiger charge is -2.14. The van der Waals surface area contributed by atoms with Gasteiger partial charge >= 0.3 is 0 Å². The second-order valence-electron chi connectivity index (χ2n) is 3.52. The summed E-state index contributed by atoms with van der Waals surface area (Å²) in [5.74, 6) is 0.839. The summed E-state index contributed by atoms with van der Waals surface area (Å²) in [4.78, 5) is 8.30. The quantitative estimate of drug-likeness (QED) is 0.769. The zero-order valence-corrected chi connectivity index (χ0v) is 8.31. The van der Waals surface area contributed by atoms with Crippen LogP contribution in [0.25, 0.3) is 0 Å². The number of hydrogen-bond acceptors (Lipinski definition) is 4. The van der Waals surface area contributed by atoms with Crippen LogP contribution in [0.2, 0.25) is 0 Å². The molecule has 2 atom stereocenters. The SMILES string of the molecule is CC1OCCC1NCc1ncccn1. The average molecular weight is 193 g/mol. The largest absolute Gasteiger partial charge is 0.377 e. The first-order chi connectivity index (χ1) is 6.86. The van der Waals surface area contributed by atoms with Gasteiger partial charge in [-0.05, 0) is 19.4 Å². The first-order valence-corrected chi connectivity index (χ1v) is 4.97. The molecule has 0 aromatic carbocycles. The Morgan fingerprint density at radius 1 is 1.50 bits per heavy atom. The molecule has 0 bridgehead atoms. The Balaban J connectivity index is 1.82. The zero-order valence-electron chi connectivity index (χ0n) is 8.31. The highest BCUT2D eigenvalue weighted by Crippen LogP contribution is 2.12. The van der Waals surface area contributed by atoms with Gasteiger partial charge in [-0.25, -0.2) is 9.97 Å². The molecule has 0 spiro atoms. The Morgan fingerprint density at radius 2 is 2.29 bits per heavy atom. The summed E-state index contributed by atoms with van der Waals surface area (Å²) in [5, 5.41) is 3.40. The maximum absolute atomic E-state index is 5.45. The molecule has 4 nitrogen and oxygen atoms in total. The number of ether oxygens (including phenoxy) is 1. The fourth-order valence-electron chi connectivity index (χ4n) is 1.64. The number of hydrogen-bond donors (Lipinski definition) is 1. The fraction of sp³-hybridized carbons (Fsp3) is 0.600. The van der Waals surface area contributed by atoms with Gasteiger partial charge in [0.2, 0.25) is 0 Å². The molecule has 1 aromatic heterocycles. The molecule has 0 radical (unpaired) electrons. The van der Waals surface area contributed by atoms with Gasteiger partial charge in [0.05, 0.1) is 12.6 Å². The van der Waals surface area contributed by atoms with Crippen LogP contribution in [0.4, 0.5) is 0 Å². The van der Waals surface area contributed by atoms with Crippen molar-refractivity contribution in [2.75, 3.05) is 6.61 Å². The van der Waals surface area contributed by atoms with E-state index in [9.17, 15) is 0 Å². The van der Waals surface area contributed by atoms with Crippen molar-refractivity contribution in [2.24, 2.45) is 0 Å². The molecule has 14 heavy (non-hydrogen) atoms. The molecule has 76 valence electrons. The monoisotopic (exact) mass is 193 g/mol. The number of rotatable bonds is 3. The Bertz CT molecular complexity index is 278. The Morgan fingerprint density at radius 3 is 2.93 bits per heavy atom. The predicted molar refractivity (Wildman–Crippen MR) is 52.7 cm³/mol. The van der Waals surface area contributed by atoms with Crippen LogP contribution in [0.15, 0.2) is 18.5 Å². The van der Waals surface area contributed by atoms with Crippen LogP contribution in [-0.4, -0.2) is 28.7 Å². The van der Waals surface area contributed by atoms with Crippen molar-refractivity contribution in [1.82, 2.24) is 15.3 Å². The second kappa shape index (κ2) is 4.48. The van der Waals surface area contributed by atoms with Gasteiger partial charge in [0, 0.05) is 25.0 Å². The van der Waals surface area contributed by atoms with Crippen molar-refractivity contribution in [3.8, 4) is 0 Å². The minimum absolute atomic E-state index is 0.304. The van der Waals surface area contributed by atoms with Crippen LogP contribution in [-0.2, 0) is 11.3 Å². The van der Waals surface area contributed by atoms with E-state index >= 15 is 0 Å².